The van der Waals surface area contributed by atoms with E-state index in [1.54, 1.807) is 0 Å². The van der Waals surface area contributed by atoms with Crippen molar-refractivity contribution in [1.82, 2.24) is 0 Å². The van der Waals surface area contributed by atoms with Crippen LogP contribution in [0.5, 0.6) is 0 Å². The van der Waals surface area contributed by atoms with Gasteiger partial charge in [0.25, 0.3) is 0 Å². The topological polar surface area (TPSA) is 63.3 Å². The summed E-state index contributed by atoms with van der Waals surface area (Å²) in [5, 5.41) is 9.39. The first-order valence-electron chi connectivity index (χ1n) is 5.33. The number of nitrogens with two attached hydrogens (primary N) is 1. The molecule has 0 radical (unpaired) electrons. The summed E-state index contributed by atoms with van der Waals surface area (Å²) in [6.07, 6.45) is 1.44. The van der Waals surface area contributed by atoms with Crippen LogP contribution in [-0.2, 0) is 17.6 Å². The number of fused-ring (bicyclic) bond motifs is 1. The first kappa shape index (κ1) is 11.5. The average Bonchev–Trinajstić information content (AvgIpc) is 2.59. The zero-order valence-electron chi connectivity index (χ0n) is 9.14. The molecule has 0 bridgehead atoms. The van der Waals surface area contributed by atoms with Gasteiger partial charge < -0.3 is 10.8 Å². The van der Waals surface area contributed by atoms with Crippen LogP contribution >= 0.6 is 11.8 Å². The van der Waals surface area contributed by atoms with Crippen LogP contribution < -0.4 is 5.73 Å². The Balaban J connectivity index is 2.23. The van der Waals surface area contributed by atoms with Gasteiger partial charge in [0.1, 0.15) is 6.04 Å². The Morgan fingerprint density at radius 2 is 2.44 bits per heavy atom. The van der Waals surface area contributed by atoms with Crippen molar-refractivity contribution in [3.8, 4) is 0 Å². The minimum absolute atomic E-state index is 0.422. The summed E-state index contributed by atoms with van der Waals surface area (Å²) in [5.74, 6) is -0.934. The molecule has 0 spiro atoms. The van der Waals surface area contributed by atoms with Crippen molar-refractivity contribution in [3.63, 3.8) is 0 Å². The predicted octanol–water partition coefficient (Wildman–Crippen LogP) is 1.68. The molecule has 0 saturated heterocycles. The molecule has 0 saturated carbocycles. The minimum atomic E-state index is -0.934. The Kier molecular flexibility index (Phi) is 3.21. The summed E-state index contributed by atoms with van der Waals surface area (Å²) in [5.41, 5.74) is 7.95. The molecule has 4 heteroatoms. The molecule has 0 aliphatic carbocycles. The number of hydrogen-bond acceptors (Lipinski definition) is 3. The fourth-order valence-corrected chi connectivity index (χ4v) is 3.21. The number of hydrogen-bond donors (Lipinski definition) is 2. The van der Waals surface area contributed by atoms with Crippen molar-refractivity contribution in [2.24, 2.45) is 5.73 Å². The van der Waals surface area contributed by atoms with E-state index in [4.69, 9.17) is 10.8 Å². The number of benzene rings is 1. The number of aliphatic carboxylic acids is 1. The normalized spacial score (nSPS) is 20.5. The Morgan fingerprint density at radius 1 is 1.69 bits per heavy atom. The Labute approximate surface area is 99.0 Å². The molecule has 86 valence electrons. The van der Waals surface area contributed by atoms with E-state index in [1.165, 1.54) is 10.5 Å². The van der Waals surface area contributed by atoms with Gasteiger partial charge in [-0.2, -0.15) is 0 Å². The highest BCUT2D eigenvalue weighted by atomic mass is 32.2. The molecule has 1 aromatic rings. The fourth-order valence-electron chi connectivity index (χ4n) is 2.01. The van der Waals surface area contributed by atoms with E-state index in [9.17, 15) is 4.79 Å². The summed E-state index contributed by atoms with van der Waals surface area (Å²) in [6.45, 7) is 2.19. The van der Waals surface area contributed by atoms with Gasteiger partial charge in [-0.1, -0.05) is 19.1 Å². The molecular formula is C12H15NO2S. The molecule has 2 rings (SSSR count). The van der Waals surface area contributed by atoms with Crippen LogP contribution in [0, 0.1) is 0 Å². The lowest BCUT2D eigenvalue weighted by Crippen LogP contribution is -2.32. The van der Waals surface area contributed by atoms with Crippen LogP contribution in [0.3, 0.4) is 0 Å². The molecule has 0 fully saturated rings. The second-order valence-electron chi connectivity index (χ2n) is 4.18. The quantitative estimate of drug-likeness (QED) is 0.839. The van der Waals surface area contributed by atoms with Crippen molar-refractivity contribution in [2.45, 2.75) is 36.0 Å². The summed E-state index contributed by atoms with van der Waals surface area (Å²) >= 11 is 1.85. The van der Waals surface area contributed by atoms with E-state index < -0.39 is 12.0 Å². The molecule has 1 heterocycles. The number of carbonyl (C=O) groups is 1. The van der Waals surface area contributed by atoms with Gasteiger partial charge in [0, 0.05) is 10.1 Å². The first-order chi connectivity index (χ1) is 7.58. The summed E-state index contributed by atoms with van der Waals surface area (Å²) in [6, 6.07) is 5.26. The monoisotopic (exact) mass is 237 g/mol. The van der Waals surface area contributed by atoms with Crippen LogP contribution in [0.15, 0.2) is 23.1 Å². The van der Waals surface area contributed by atoms with E-state index in [2.05, 4.69) is 13.0 Å². The van der Waals surface area contributed by atoms with Gasteiger partial charge in [0.2, 0.25) is 0 Å². The second kappa shape index (κ2) is 4.47. The molecule has 2 atom stereocenters. The maximum Gasteiger partial charge on any atom is 0.320 e. The van der Waals surface area contributed by atoms with Crippen LogP contribution in [0.4, 0.5) is 0 Å². The Morgan fingerprint density at radius 3 is 3.12 bits per heavy atom. The van der Waals surface area contributed by atoms with Gasteiger partial charge in [-0.25, -0.2) is 0 Å². The third kappa shape index (κ3) is 2.23. The van der Waals surface area contributed by atoms with Gasteiger partial charge in [0.15, 0.2) is 0 Å². The van der Waals surface area contributed by atoms with Crippen molar-refractivity contribution >= 4 is 17.7 Å². The molecule has 16 heavy (non-hydrogen) atoms. The minimum Gasteiger partial charge on any atom is -0.480 e. The maximum absolute atomic E-state index is 10.7. The largest absolute Gasteiger partial charge is 0.480 e. The Bertz CT molecular complexity index is 419. The van der Waals surface area contributed by atoms with E-state index in [0.717, 1.165) is 12.0 Å². The molecule has 3 N–H and O–H groups in total. The zero-order chi connectivity index (χ0) is 11.7. The van der Waals surface area contributed by atoms with Gasteiger partial charge in [-0.3, -0.25) is 4.79 Å². The third-order valence-electron chi connectivity index (χ3n) is 2.81. The SMILES string of the molecule is CC1Cc2c(CC(N)C(=O)O)cccc2S1. The maximum atomic E-state index is 10.7. The smallest absolute Gasteiger partial charge is 0.320 e. The molecule has 0 amide bonds. The number of carboxylic acids is 1. The van der Waals surface area contributed by atoms with Gasteiger partial charge >= 0.3 is 5.97 Å². The predicted molar refractivity (Wildman–Crippen MR) is 64.8 cm³/mol. The van der Waals surface area contributed by atoms with Crippen LogP contribution in [0.2, 0.25) is 0 Å². The van der Waals surface area contributed by atoms with Gasteiger partial charge in [-0.05, 0) is 30.0 Å². The van der Waals surface area contributed by atoms with Crippen molar-refractivity contribution in [2.75, 3.05) is 0 Å². The molecule has 1 aliphatic rings. The number of rotatable bonds is 3. The lowest BCUT2D eigenvalue weighted by molar-refractivity contribution is -0.138. The summed E-state index contributed by atoms with van der Waals surface area (Å²) < 4.78 is 0. The van der Waals surface area contributed by atoms with E-state index in [0.29, 0.717) is 11.7 Å². The number of carboxylic acid groups (broad SMARTS) is 1. The van der Waals surface area contributed by atoms with E-state index in [1.807, 2.05) is 23.9 Å². The molecule has 0 aromatic heterocycles. The number of thioether (sulfide) groups is 1. The fraction of sp³-hybridized carbons (Fsp3) is 0.417. The Hall–Kier alpha value is -1.00. The first-order valence-corrected chi connectivity index (χ1v) is 6.21. The highest BCUT2D eigenvalue weighted by Gasteiger charge is 2.23. The molecule has 3 nitrogen and oxygen atoms in total. The molecule has 1 aliphatic heterocycles. The van der Waals surface area contributed by atoms with Gasteiger partial charge in [0.05, 0.1) is 0 Å². The van der Waals surface area contributed by atoms with Gasteiger partial charge in [-0.15, -0.1) is 11.8 Å². The molecule has 1 aromatic carbocycles. The highest BCUT2D eigenvalue weighted by molar-refractivity contribution is 8.00. The second-order valence-corrected chi connectivity index (χ2v) is 5.66. The van der Waals surface area contributed by atoms with Crippen molar-refractivity contribution in [1.29, 1.82) is 0 Å². The van der Waals surface area contributed by atoms with E-state index in [-0.39, 0.29) is 0 Å². The third-order valence-corrected chi connectivity index (χ3v) is 4.01. The zero-order valence-corrected chi connectivity index (χ0v) is 9.96. The van der Waals surface area contributed by atoms with Crippen LogP contribution in [0.1, 0.15) is 18.1 Å². The lowest BCUT2D eigenvalue weighted by atomic mass is 9.98. The van der Waals surface area contributed by atoms with Crippen LogP contribution in [0.25, 0.3) is 0 Å². The van der Waals surface area contributed by atoms with Crippen molar-refractivity contribution in [3.05, 3.63) is 29.3 Å². The highest BCUT2D eigenvalue weighted by Crippen LogP contribution is 2.38. The molecular weight excluding hydrogens is 222 g/mol. The van der Waals surface area contributed by atoms with Crippen LogP contribution in [-0.4, -0.2) is 22.4 Å². The lowest BCUT2D eigenvalue weighted by Gasteiger charge is -2.10. The van der Waals surface area contributed by atoms with E-state index >= 15 is 0 Å². The molecule has 2 unspecified atom stereocenters. The van der Waals surface area contributed by atoms with Crippen molar-refractivity contribution < 1.29 is 9.90 Å². The standard InChI is InChI=1S/C12H15NO2S/c1-7-5-9-8(6-10(13)12(14)15)3-2-4-11(9)16-7/h2-4,7,10H,5-6,13H2,1H3,(H,14,15). The summed E-state index contributed by atoms with van der Waals surface area (Å²) in [4.78, 5) is 12.0. The average molecular weight is 237 g/mol. The summed E-state index contributed by atoms with van der Waals surface area (Å²) in [7, 11) is 0.